The molecule has 1 aromatic heterocycles. The van der Waals surface area contributed by atoms with Gasteiger partial charge in [0.05, 0.1) is 12.3 Å². The number of nitrogens with zero attached hydrogens (tertiary/aromatic N) is 1. The molecule has 0 aliphatic heterocycles. The molecule has 0 radical (unpaired) electrons. The largest absolute Gasteiger partial charge is 0.462 e. The van der Waals surface area contributed by atoms with Crippen molar-refractivity contribution in [3.63, 3.8) is 0 Å². The van der Waals surface area contributed by atoms with Crippen LogP contribution in [0.25, 0.3) is 0 Å². The molecule has 0 saturated carbocycles. The summed E-state index contributed by atoms with van der Waals surface area (Å²) >= 11 is 1.04. The third-order valence-corrected chi connectivity index (χ3v) is 3.91. The Bertz CT molecular complexity index is 654. The molecule has 146 valence electrons. The predicted molar refractivity (Wildman–Crippen MR) is 98.3 cm³/mol. The Balaban J connectivity index is 2.47. The highest BCUT2D eigenvalue weighted by molar-refractivity contribution is 7.17. The molecule has 1 rings (SSSR count). The van der Waals surface area contributed by atoms with Gasteiger partial charge < -0.3 is 25.8 Å². The average Bonchev–Trinajstić information content (AvgIpc) is 2.84. The molecule has 4 N–H and O–H groups in total. The molecule has 0 spiro atoms. The van der Waals surface area contributed by atoms with Crippen LogP contribution in [-0.2, 0) is 14.3 Å². The lowest BCUT2D eigenvalue weighted by atomic mass is 10.2. The second kappa shape index (κ2) is 9.48. The Morgan fingerprint density at radius 1 is 1.31 bits per heavy atom. The van der Waals surface area contributed by atoms with Crippen LogP contribution in [0, 0.1) is 6.92 Å². The Hall–Kier alpha value is -2.20. The van der Waals surface area contributed by atoms with Gasteiger partial charge in [-0.3, -0.25) is 4.79 Å². The van der Waals surface area contributed by atoms with Gasteiger partial charge in [-0.25, -0.2) is 14.6 Å². The molecule has 0 aliphatic rings. The molecule has 1 heterocycles. The second-order valence-corrected chi connectivity index (χ2v) is 7.55. The summed E-state index contributed by atoms with van der Waals surface area (Å²) in [6, 6.07) is -0.590. The van der Waals surface area contributed by atoms with Gasteiger partial charge in [0.2, 0.25) is 5.91 Å². The Morgan fingerprint density at radius 3 is 2.54 bits per heavy atom. The summed E-state index contributed by atoms with van der Waals surface area (Å²) in [4.78, 5) is 39.8. The quantitative estimate of drug-likeness (QED) is 0.609. The summed E-state index contributed by atoms with van der Waals surface area (Å²) < 4.78 is 10.0. The molecule has 9 nitrogen and oxygen atoms in total. The molecule has 0 unspecified atom stereocenters. The van der Waals surface area contributed by atoms with Crippen molar-refractivity contribution in [1.29, 1.82) is 0 Å². The molecule has 0 bridgehead atoms. The van der Waals surface area contributed by atoms with Crippen molar-refractivity contribution in [3.8, 4) is 0 Å². The van der Waals surface area contributed by atoms with E-state index in [1.165, 1.54) is 0 Å². The number of hydrogen-bond donors (Lipinski definition) is 3. The van der Waals surface area contributed by atoms with Gasteiger partial charge in [0.25, 0.3) is 0 Å². The summed E-state index contributed by atoms with van der Waals surface area (Å²) in [5.41, 5.74) is 5.72. The van der Waals surface area contributed by atoms with E-state index in [1.807, 2.05) is 0 Å². The zero-order chi connectivity index (χ0) is 19.9. The number of rotatable bonds is 7. The smallest absolute Gasteiger partial charge is 0.407 e. The van der Waals surface area contributed by atoms with Crippen molar-refractivity contribution < 1.29 is 23.9 Å². The highest BCUT2D eigenvalue weighted by Gasteiger charge is 2.20. The van der Waals surface area contributed by atoms with Crippen molar-refractivity contribution in [1.82, 2.24) is 10.3 Å². The van der Waals surface area contributed by atoms with Crippen molar-refractivity contribution in [2.75, 3.05) is 18.5 Å². The number of nitrogens with two attached hydrogens (primary N) is 1. The van der Waals surface area contributed by atoms with E-state index in [2.05, 4.69) is 15.6 Å². The van der Waals surface area contributed by atoms with Crippen LogP contribution < -0.4 is 16.4 Å². The van der Waals surface area contributed by atoms with Crippen LogP contribution in [0.1, 0.15) is 49.5 Å². The SMILES string of the molecule is CCOC(=O)c1sc(NC(=O)C[C@@H](N)CNC(=O)OC(C)(C)C)nc1C. The first-order valence-electron chi connectivity index (χ1n) is 8.18. The molecular formula is C16H26N4O5S. The van der Waals surface area contributed by atoms with Gasteiger partial charge in [-0.2, -0.15) is 0 Å². The topological polar surface area (TPSA) is 133 Å². The van der Waals surface area contributed by atoms with Crippen LogP contribution in [0.3, 0.4) is 0 Å². The van der Waals surface area contributed by atoms with E-state index in [4.69, 9.17) is 15.2 Å². The van der Waals surface area contributed by atoms with E-state index in [1.54, 1.807) is 34.6 Å². The summed E-state index contributed by atoms with van der Waals surface area (Å²) in [6.07, 6.45) is -0.619. The molecule has 0 saturated heterocycles. The number of carbonyl (C=O) groups is 3. The highest BCUT2D eigenvalue weighted by Crippen LogP contribution is 2.23. The molecular weight excluding hydrogens is 360 g/mol. The number of hydrogen-bond acceptors (Lipinski definition) is 8. The summed E-state index contributed by atoms with van der Waals surface area (Å²) in [6.45, 7) is 8.98. The number of nitrogens with one attached hydrogen (secondary N) is 2. The maximum Gasteiger partial charge on any atom is 0.407 e. The minimum atomic E-state index is -0.606. The first-order chi connectivity index (χ1) is 12.0. The normalized spacial score (nSPS) is 12.2. The van der Waals surface area contributed by atoms with Crippen LogP contribution >= 0.6 is 11.3 Å². The third kappa shape index (κ3) is 7.79. The number of alkyl carbamates (subject to hydrolysis) is 1. The molecule has 26 heavy (non-hydrogen) atoms. The van der Waals surface area contributed by atoms with Gasteiger partial charge in [0.15, 0.2) is 5.13 Å². The minimum Gasteiger partial charge on any atom is -0.462 e. The first-order valence-corrected chi connectivity index (χ1v) is 9.00. The van der Waals surface area contributed by atoms with Gasteiger partial charge in [-0.15, -0.1) is 0 Å². The van der Waals surface area contributed by atoms with Crippen molar-refractivity contribution >= 4 is 34.4 Å². The van der Waals surface area contributed by atoms with Gasteiger partial charge in [0.1, 0.15) is 10.5 Å². The Morgan fingerprint density at radius 2 is 1.96 bits per heavy atom. The Labute approximate surface area is 156 Å². The van der Waals surface area contributed by atoms with Gasteiger partial charge >= 0.3 is 12.1 Å². The zero-order valence-corrected chi connectivity index (χ0v) is 16.5. The molecule has 1 atom stereocenters. The maximum atomic E-state index is 12.0. The Kier molecular flexibility index (Phi) is 7.97. The van der Waals surface area contributed by atoms with Gasteiger partial charge in [-0.05, 0) is 34.6 Å². The molecule has 0 aliphatic carbocycles. The van der Waals surface area contributed by atoms with Crippen LogP contribution in [0.15, 0.2) is 0 Å². The van der Waals surface area contributed by atoms with E-state index in [9.17, 15) is 14.4 Å². The molecule has 2 amide bonds. The van der Waals surface area contributed by atoms with Gasteiger partial charge in [-0.1, -0.05) is 11.3 Å². The zero-order valence-electron chi connectivity index (χ0n) is 15.7. The fourth-order valence-corrected chi connectivity index (χ4v) is 2.72. The second-order valence-electron chi connectivity index (χ2n) is 6.55. The summed E-state index contributed by atoms with van der Waals surface area (Å²) in [5, 5.41) is 5.40. The first kappa shape index (κ1) is 21.8. The van der Waals surface area contributed by atoms with E-state index < -0.39 is 23.7 Å². The van der Waals surface area contributed by atoms with Crippen LogP contribution in [0.4, 0.5) is 9.93 Å². The summed E-state index contributed by atoms with van der Waals surface area (Å²) in [5.74, 6) is -0.839. The van der Waals surface area contributed by atoms with Crippen LogP contribution in [-0.4, -0.2) is 47.7 Å². The molecule has 0 fully saturated rings. The number of carbonyl (C=O) groups excluding carboxylic acids is 3. The molecule has 1 aromatic rings. The number of anilines is 1. The molecule has 0 aromatic carbocycles. The number of aryl methyl sites for hydroxylation is 1. The number of ether oxygens (including phenoxy) is 2. The number of aromatic nitrogens is 1. The average molecular weight is 386 g/mol. The lowest BCUT2D eigenvalue weighted by molar-refractivity contribution is -0.116. The predicted octanol–water partition coefficient (Wildman–Crippen LogP) is 1.81. The number of esters is 1. The fourth-order valence-electron chi connectivity index (χ4n) is 1.85. The number of amides is 2. The standard InChI is InChI=1S/C16H26N4O5S/c1-6-24-13(22)12-9(2)19-14(26-12)20-11(21)7-10(17)8-18-15(23)25-16(3,4)5/h10H,6-8,17H2,1-5H3,(H,18,23)(H,19,20,21)/t10-/m1/s1. The van der Waals surface area contributed by atoms with Crippen LogP contribution in [0.2, 0.25) is 0 Å². The van der Waals surface area contributed by atoms with Gasteiger partial charge in [0, 0.05) is 19.0 Å². The summed E-state index contributed by atoms with van der Waals surface area (Å²) in [7, 11) is 0. The van der Waals surface area contributed by atoms with Crippen molar-refractivity contribution in [2.24, 2.45) is 5.73 Å². The van der Waals surface area contributed by atoms with Crippen LogP contribution in [0.5, 0.6) is 0 Å². The van der Waals surface area contributed by atoms with Crippen molar-refractivity contribution in [2.45, 2.75) is 52.7 Å². The fraction of sp³-hybridized carbons (Fsp3) is 0.625. The lowest BCUT2D eigenvalue weighted by Gasteiger charge is -2.20. The van der Waals surface area contributed by atoms with Crippen molar-refractivity contribution in [3.05, 3.63) is 10.6 Å². The monoisotopic (exact) mass is 386 g/mol. The van der Waals surface area contributed by atoms with E-state index in [-0.39, 0.29) is 25.5 Å². The third-order valence-electron chi connectivity index (χ3n) is 2.86. The lowest BCUT2D eigenvalue weighted by Crippen LogP contribution is -2.41. The maximum absolute atomic E-state index is 12.0. The van der Waals surface area contributed by atoms with E-state index in [0.29, 0.717) is 15.7 Å². The highest BCUT2D eigenvalue weighted by atomic mass is 32.1. The van der Waals surface area contributed by atoms with E-state index in [0.717, 1.165) is 11.3 Å². The minimum absolute atomic E-state index is 0.0246. The van der Waals surface area contributed by atoms with E-state index >= 15 is 0 Å². The number of thiazole rings is 1. The molecule has 10 heteroatoms.